The number of carbonyl (C=O) groups excluding carboxylic acids is 1. The molecule has 2 aliphatic rings. The average Bonchev–Trinajstić information content (AvgIpc) is 3.26. The van der Waals surface area contributed by atoms with Gasteiger partial charge in [0.25, 0.3) is 5.56 Å². The maximum absolute atomic E-state index is 12.9. The number of halogens is 3. The van der Waals surface area contributed by atoms with E-state index in [-0.39, 0.29) is 31.6 Å². The number of aromatic nitrogens is 2. The zero-order valence-corrected chi connectivity index (χ0v) is 19.2. The van der Waals surface area contributed by atoms with Gasteiger partial charge in [-0.1, -0.05) is 50.1 Å². The van der Waals surface area contributed by atoms with Gasteiger partial charge in [-0.15, -0.1) is 0 Å². The first kappa shape index (κ1) is 24.4. The Labute approximate surface area is 196 Å². The predicted octanol–water partition coefficient (Wildman–Crippen LogP) is 4.02. The first-order valence-electron chi connectivity index (χ1n) is 11.7. The molecular weight excluding hydrogens is 447 g/mol. The van der Waals surface area contributed by atoms with Gasteiger partial charge in [-0.25, -0.2) is 4.98 Å². The number of rotatable bonds is 5. The fourth-order valence-corrected chi connectivity index (χ4v) is 5.63. The van der Waals surface area contributed by atoms with Crippen molar-refractivity contribution in [2.45, 2.75) is 63.8 Å². The molecule has 1 N–H and O–H groups in total. The molecule has 0 radical (unpaired) electrons. The Morgan fingerprint density at radius 3 is 2.47 bits per heavy atom. The van der Waals surface area contributed by atoms with Gasteiger partial charge in [-0.3, -0.25) is 14.2 Å². The van der Waals surface area contributed by atoms with E-state index >= 15 is 0 Å². The Kier molecular flexibility index (Phi) is 6.59. The molecule has 2 aromatic rings. The maximum atomic E-state index is 12.9. The average molecular weight is 478 g/mol. The molecule has 4 rings (SSSR count). The summed E-state index contributed by atoms with van der Waals surface area (Å²) in [5, 5.41) is 11.8. The Morgan fingerprint density at radius 2 is 1.85 bits per heavy atom. The van der Waals surface area contributed by atoms with Crippen molar-refractivity contribution in [1.82, 2.24) is 14.5 Å². The number of piperidine rings is 1. The van der Waals surface area contributed by atoms with E-state index in [9.17, 15) is 27.9 Å². The number of likely N-dealkylation sites (tertiary alicyclic amines) is 1. The molecule has 2 heterocycles. The zero-order valence-electron chi connectivity index (χ0n) is 19.2. The van der Waals surface area contributed by atoms with Crippen LogP contribution < -0.4 is 5.56 Å². The molecule has 1 aromatic heterocycles. The van der Waals surface area contributed by atoms with Gasteiger partial charge in [-0.05, 0) is 19.3 Å². The smallest absolute Gasteiger partial charge is 0.387 e. The van der Waals surface area contributed by atoms with E-state index in [1.807, 2.05) is 30.3 Å². The minimum atomic E-state index is -4.41. The van der Waals surface area contributed by atoms with Crippen molar-refractivity contribution in [2.75, 3.05) is 13.1 Å². The lowest BCUT2D eigenvalue weighted by atomic mass is 9.65. The van der Waals surface area contributed by atoms with Crippen molar-refractivity contribution in [1.29, 1.82) is 0 Å². The van der Waals surface area contributed by atoms with Crippen LogP contribution in [0, 0.1) is 11.3 Å². The molecule has 1 aliphatic carbocycles. The number of carbonyl (C=O) groups is 1. The number of alkyl halides is 3. The van der Waals surface area contributed by atoms with E-state index in [1.54, 1.807) is 0 Å². The quantitative estimate of drug-likeness (QED) is 0.706. The van der Waals surface area contributed by atoms with Gasteiger partial charge in [0.15, 0.2) is 0 Å². The van der Waals surface area contributed by atoms with E-state index in [0.717, 1.165) is 18.4 Å². The Morgan fingerprint density at radius 1 is 1.18 bits per heavy atom. The van der Waals surface area contributed by atoms with Gasteiger partial charge in [0.05, 0.1) is 30.6 Å². The van der Waals surface area contributed by atoms with Crippen LogP contribution in [-0.2, 0) is 11.3 Å². The van der Waals surface area contributed by atoms with Crippen molar-refractivity contribution >= 4 is 5.91 Å². The van der Waals surface area contributed by atoms with Gasteiger partial charge in [-0.2, -0.15) is 13.2 Å². The van der Waals surface area contributed by atoms with Crippen LogP contribution in [0.1, 0.15) is 45.4 Å². The van der Waals surface area contributed by atoms with Gasteiger partial charge < -0.3 is 10.0 Å². The molecule has 0 bridgehead atoms. The van der Waals surface area contributed by atoms with Crippen molar-refractivity contribution in [2.24, 2.45) is 11.3 Å². The number of amides is 1. The lowest BCUT2D eigenvalue weighted by Crippen LogP contribution is -2.62. The second-order valence-corrected chi connectivity index (χ2v) is 9.86. The molecule has 1 amide bonds. The van der Waals surface area contributed by atoms with Crippen molar-refractivity contribution < 1.29 is 23.1 Å². The number of nitrogens with zero attached hydrogens (tertiary/aromatic N) is 3. The lowest BCUT2D eigenvalue weighted by molar-refractivity contribution is -0.172. The summed E-state index contributed by atoms with van der Waals surface area (Å²) < 4.78 is 39.9. The molecule has 184 valence electrons. The van der Waals surface area contributed by atoms with E-state index in [1.165, 1.54) is 28.8 Å². The number of benzene rings is 1. The molecule has 34 heavy (non-hydrogen) atoms. The summed E-state index contributed by atoms with van der Waals surface area (Å²) in [6.45, 7) is 1.70. The molecule has 1 saturated heterocycles. The zero-order chi connectivity index (χ0) is 24.6. The molecule has 2 atom stereocenters. The molecule has 1 unspecified atom stereocenters. The van der Waals surface area contributed by atoms with Crippen molar-refractivity contribution in [3.8, 4) is 11.3 Å². The second-order valence-electron chi connectivity index (χ2n) is 9.86. The Hall–Kier alpha value is -2.68. The van der Waals surface area contributed by atoms with Gasteiger partial charge >= 0.3 is 6.18 Å². The summed E-state index contributed by atoms with van der Waals surface area (Å²) in [6, 6.07) is 10.8. The normalized spacial score (nSPS) is 23.3. The molecular formula is C25H30F3N3O3. The third kappa shape index (κ3) is 4.89. The fraction of sp³-hybridized carbons (Fsp3) is 0.560. The second kappa shape index (κ2) is 9.17. The SMILES string of the molecule is CC(CC(F)(F)F)C(=O)N1CC[C@@](O)(Cn2cnc(-c3ccccc3)cc2=O)C2(CCCC2)C1. The standard InChI is InChI=1S/C25H30F3N3O3/c1-18(14-25(26,27)28)22(33)30-12-11-24(34,23(15-30)9-5-6-10-23)16-31-17-29-20(13-21(31)32)19-7-3-2-4-8-19/h2-4,7-8,13,17-18,34H,5-6,9-12,14-16H2,1H3/t18?,24-/m1/s1. The first-order valence-corrected chi connectivity index (χ1v) is 11.7. The van der Waals surface area contributed by atoms with Crippen LogP contribution in [-0.4, -0.2) is 50.3 Å². The summed E-state index contributed by atoms with van der Waals surface area (Å²) in [4.78, 5) is 31.5. The molecule has 1 spiro atoms. The van der Waals surface area contributed by atoms with Crippen molar-refractivity contribution in [3.63, 3.8) is 0 Å². The van der Waals surface area contributed by atoms with Crippen LogP contribution in [0.2, 0.25) is 0 Å². The van der Waals surface area contributed by atoms with Crippen LogP contribution in [0.4, 0.5) is 13.2 Å². The van der Waals surface area contributed by atoms with Crippen LogP contribution in [0.5, 0.6) is 0 Å². The number of hydrogen-bond donors (Lipinski definition) is 1. The van der Waals surface area contributed by atoms with E-state index in [0.29, 0.717) is 18.5 Å². The van der Waals surface area contributed by atoms with Crippen LogP contribution >= 0.6 is 0 Å². The largest absolute Gasteiger partial charge is 0.389 e. The van der Waals surface area contributed by atoms with E-state index in [2.05, 4.69) is 4.98 Å². The highest BCUT2D eigenvalue weighted by atomic mass is 19.4. The highest BCUT2D eigenvalue weighted by Crippen LogP contribution is 2.51. The topological polar surface area (TPSA) is 75.4 Å². The third-order valence-corrected chi connectivity index (χ3v) is 7.49. The molecule has 1 saturated carbocycles. The summed E-state index contributed by atoms with van der Waals surface area (Å²) in [6.07, 6.45) is -0.884. The summed E-state index contributed by atoms with van der Waals surface area (Å²) in [5.74, 6) is -1.70. The van der Waals surface area contributed by atoms with E-state index in [4.69, 9.17) is 0 Å². The molecule has 9 heteroatoms. The minimum absolute atomic E-state index is 0.0358. The van der Waals surface area contributed by atoms with Crippen LogP contribution in [0.15, 0.2) is 47.5 Å². The van der Waals surface area contributed by atoms with Gasteiger partial charge in [0, 0.05) is 36.1 Å². The summed E-state index contributed by atoms with van der Waals surface area (Å²) >= 11 is 0. The van der Waals surface area contributed by atoms with Gasteiger partial charge in [0.2, 0.25) is 5.91 Å². The van der Waals surface area contributed by atoms with E-state index < -0.39 is 35.4 Å². The molecule has 6 nitrogen and oxygen atoms in total. The van der Waals surface area contributed by atoms with Gasteiger partial charge in [0.1, 0.15) is 0 Å². The summed E-state index contributed by atoms with van der Waals surface area (Å²) in [5.41, 5.74) is -0.835. The molecule has 2 fully saturated rings. The molecule has 1 aromatic carbocycles. The lowest BCUT2D eigenvalue weighted by Gasteiger charge is -2.52. The Bertz CT molecular complexity index is 1080. The highest BCUT2D eigenvalue weighted by Gasteiger charge is 2.56. The van der Waals surface area contributed by atoms with Crippen molar-refractivity contribution in [3.05, 3.63) is 53.1 Å². The summed E-state index contributed by atoms with van der Waals surface area (Å²) in [7, 11) is 0. The van der Waals surface area contributed by atoms with Crippen LogP contribution in [0.25, 0.3) is 11.3 Å². The van der Waals surface area contributed by atoms with Crippen LogP contribution in [0.3, 0.4) is 0 Å². The fourth-order valence-electron chi connectivity index (χ4n) is 5.63. The first-order chi connectivity index (χ1) is 16.0. The predicted molar refractivity (Wildman–Crippen MR) is 121 cm³/mol. The molecule has 1 aliphatic heterocycles. The third-order valence-electron chi connectivity index (χ3n) is 7.49. The Balaban J connectivity index is 1.55. The maximum Gasteiger partial charge on any atom is 0.389 e. The minimum Gasteiger partial charge on any atom is -0.387 e. The highest BCUT2D eigenvalue weighted by molar-refractivity contribution is 5.78. The number of aliphatic hydroxyl groups is 1. The monoisotopic (exact) mass is 477 g/mol. The number of hydrogen-bond acceptors (Lipinski definition) is 4.